The summed E-state index contributed by atoms with van der Waals surface area (Å²) < 4.78 is 11.5. The van der Waals surface area contributed by atoms with Crippen molar-refractivity contribution in [3.8, 4) is 5.75 Å². The summed E-state index contributed by atoms with van der Waals surface area (Å²) in [5.41, 5.74) is 2.23. The van der Waals surface area contributed by atoms with Crippen LogP contribution in [0.3, 0.4) is 0 Å². The maximum Gasteiger partial charge on any atom is 0.239 e. The Morgan fingerprint density at radius 2 is 2.00 bits per heavy atom. The van der Waals surface area contributed by atoms with Gasteiger partial charge in [0.05, 0.1) is 19.8 Å². The molecule has 1 aliphatic carbocycles. The lowest BCUT2D eigenvalue weighted by Gasteiger charge is -2.23. The van der Waals surface area contributed by atoms with Gasteiger partial charge >= 0.3 is 0 Å². The van der Waals surface area contributed by atoms with E-state index in [4.69, 9.17) is 9.47 Å². The van der Waals surface area contributed by atoms with Crippen molar-refractivity contribution in [3.63, 3.8) is 0 Å². The van der Waals surface area contributed by atoms with Crippen molar-refractivity contribution >= 4 is 35.8 Å². The number of aryl methyl sites for hydroxylation is 1. The third-order valence-electron chi connectivity index (χ3n) is 5.78. The van der Waals surface area contributed by atoms with Gasteiger partial charge in [0, 0.05) is 37.7 Å². The van der Waals surface area contributed by atoms with Crippen LogP contribution < -0.4 is 20.7 Å². The second kappa shape index (κ2) is 13.8. The fourth-order valence-corrected chi connectivity index (χ4v) is 3.95. The van der Waals surface area contributed by atoms with Crippen LogP contribution in [0.2, 0.25) is 0 Å². The first-order chi connectivity index (χ1) is 14.6. The van der Waals surface area contributed by atoms with E-state index in [1.165, 1.54) is 24.8 Å². The van der Waals surface area contributed by atoms with Crippen LogP contribution in [0, 0.1) is 12.8 Å². The van der Waals surface area contributed by atoms with Crippen LogP contribution in [0.15, 0.2) is 23.2 Å². The van der Waals surface area contributed by atoms with Crippen molar-refractivity contribution < 1.29 is 14.3 Å². The molecule has 0 radical (unpaired) electrons. The average molecular weight is 544 g/mol. The fraction of sp³-hybridized carbons (Fsp3) is 0.652. The predicted molar refractivity (Wildman–Crippen MR) is 134 cm³/mol. The standard InChI is InChI=1S/C23H36N4O3.HI/c1-17-8-9-19(21(12-17)30-16-18-10-11-29-15-18)13-25-23(24-2)26-14-22(28)27-20-6-4-3-5-7-20;/h8-9,12,18,20H,3-7,10-11,13-16H2,1-2H3,(H,27,28)(H2,24,25,26);1H. The number of carbonyl (C=O) groups excluding carboxylic acids is 1. The first-order valence-corrected chi connectivity index (χ1v) is 11.2. The van der Waals surface area contributed by atoms with E-state index in [1.54, 1.807) is 7.05 Å². The Morgan fingerprint density at radius 1 is 1.19 bits per heavy atom. The highest BCUT2D eigenvalue weighted by Crippen LogP contribution is 2.22. The van der Waals surface area contributed by atoms with Gasteiger partial charge in [0.2, 0.25) is 5.91 Å². The summed E-state index contributed by atoms with van der Waals surface area (Å²) in [5, 5.41) is 9.51. The second-order valence-corrected chi connectivity index (χ2v) is 8.33. The van der Waals surface area contributed by atoms with Crippen LogP contribution in [-0.2, 0) is 16.1 Å². The molecule has 7 nitrogen and oxygen atoms in total. The van der Waals surface area contributed by atoms with E-state index in [1.807, 2.05) is 0 Å². The van der Waals surface area contributed by atoms with Crippen LogP contribution in [0.5, 0.6) is 5.75 Å². The minimum Gasteiger partial charge on any atom is -0.493 e. The first-order valence-electron chi connectivity index (χ1n) is 11.2. The molecule has 1 aromatic carbocycles. The van der Waals surface area contributed by atoms with Crippen LogP contribution >= 0.6 is 24.0 Å². The van der Waals surface area contributed by atoms with Crippen LogP contribution in [0.1, 0.15) is 49.7 Å². The van der Waals surface area contributed by atoms with Crippen molar-refractivity contribution in [2.24, 2.45) is 10.9 Å². The number of benzene rings is 1. The molecule has 2 aliphatic rings. The summed E-state index contributed by atoms with van der Waals surface area (Å²) >= 11 is 0. The van der Waals surface area contributed by atoms with E-state index < -0.39 is 0 Å². The molecule has 8 heteroatoms. The number of guanidine groups is 1. The Kier molecular flexibility index (Phi) is 11.4. The molecule has 2 fully saturated rings. The summed E-state index contributed by atoms with van der Waals surface area (Å²) in [6.07, 6.45) is 6.91. The molecule has 1 atom stereocenters. The van der Waals surface area contributed by atoms with Crippen molar-refractivity contribution in [1.29, 1.82) is 0 Å². The smallest absolute Gasteiger partial charge is 0.239 e. The van der Waals surface area contributed by atoms with Gasteiger partial charge in [-0.1, -0.05) is 31.4 Å². The van der Waals surface area contributed by atoms with E-state index >= 15 is 0 Å². The van der Waals surface area contributed by atoms with Crippen LogP contribution in [0.25, 0.3) is 0 Å². The van der Waals surface area contributed by atoms with Crippen molar-refractivity contribution in [2.75, 3.05) is 33.4 Å². The molecule has 3 rings (SSSR count). The molecule has 0 spiro atoms. The molecule has 0 bridgehead atoms. The minimum absolute atomic E-state index is 0. The number of nitrogens with one attached hydrogen (secondary N) is 3. The number of amides is 1. The number of carbonyl (C=O) groups is 1. The molecule has 1 heterocycles. The van der Waals surface area contributed by atoms with Gasteiger partial charge in [0.25, 0.3) is 0 Å². The number of hydrogen-bond acceptors (Lipinski definition) is 4. The lowest BCUT2D eigenvalue weighted by molar-refractivity contribution is -0.120. The largest absolute Gasteiger partial charge is 0.493 e. The molecule has 1 amide bonds. The number of hydrogen-bond donors (Lipinski definition) is 3. The maximum atomic E-state index is 12.2. The zero-order chi connectivity index (χ0) is 21.2. The number of aliphatic imine (C=N–C) groups is 1. The van der Waals surface area contributed by atoms with Crippen molar-refractivity contribution in [2.45, 2.75) is 58.0 Å². The monoisotopic (exact) mass is 544 g/mol. The number of rotatable bonds is 8. The molecular weight excluding hydrogens is 507 g/mol. The van der Waals surface area contributed by atoms with Crippen molar-refractivity contribution in [3.05, 3.63) is 29.3 Å². The van der Waals surface area contributed by atoms with E-state index in [0.29, 0.717) is 31.1 Å². The first kappa shape index (κ1) is 25.7. The Bertz CT molecular complexity index is 717. The fourth-order valence-electron chi connectivity index (χ4n) is 3.95. The maximum absolute atomic E-state index is 12.2. The highest BCUT2D eigenvalue weighted by atomic mass is 127. The van der Waals surface area contributed by atoms with E-state index in [2.05, 4.69) is 46.1 Å². The topological polar surface area (TPSA) is 84.0 Å². The molecule has 1 aliphatic heterocycles. The third kappa shape index (κ3) is 8.84. The van der Waals surface area contributed by atoms with Gasteiger partial charge in [-0.25, -0.2) is 0 Å². The molecule has 31 heavy (non-hydrogen) atoms. The zero-order valence-electron chi connectivity index (χ0n) is 18.7. The molecule has 1 unspecified atom stereocenters. The Labute approximate surface area is 203 Å². The van der Waals surface area contributed by atoms with Gasteiger partial charge in [-0.2, -0.15) is 0 Å². The van der Waals surface area contributed by atoms with Crippen LogP contribution in [0.4, 0.5) is 0 Å². The minimum atomic E-state index is 0. The van der Waals surface area contributed by atoms with E-state index in [-0.39, 0.29) is 36.4 Å². The van der Waals surface area contributed by atoms with Gasteiger partial charge in [-0.3, -0.25) is 9.79 Å². The predicted octanol–water partition coefficient (Wildman–Crippen LogP) is 3.14. The summed E-state index contributed by atoms with van der Waals surface area (Å²) in [4.78, 5) is 16.5. The average Bonchev–Trinajstić information content (AvgIpc) is 3.28. The number of nitrogens with zero attached hydrogens (tertiary/aromatic N) is 1. The number of ether oxygens (including phenoxy) is 2. The quantitative estimate of drug-likeness (QED) is 0.266. The Hall–Kier alpha value is -1.55. The zero-order valence-corrected chi connectivity index (χ0v) is 21.1. The van der Waals surface area contributed by atoms with Gasteiger partial charge < -0.3 is 25.4 Å². The molecule has 0 aromatic heterocycles. The van der Waals surface area contributed by atoms with Crippen molar-refractivity contribution in [1.82, 2.24) is 16.0 Å². The van der Waals surface area contributed by atoms with E-state index in [9.17, 15) is 4.79 Å². The van der Waals surface area contributed by atoms with Crippen LogP contribution in [-0.4, -0.2) is 51.3 Å². The van der Waals surface area contributed by atoms with Gasteiger partial charge in [0.15, 0.2) is 5.96 Å². The number of halogens is 1. The lowest BCUT2D eigenvalue weighted by atomic mass is 9.95. The summed E-state index contributed by atoms with van der Waals surface area (Å²) in [6.45, 7) is 5.13. The highest BCUT2D eigenvalue weighted by Gasteiger charge is 2.18. The summed E-state index contributed by atoms with van der Waals surface area (Å²) in [6, 6.07) is 6.55. The van der Waals surface area contributed by atoms with Gasteiger partial charge in [0.1, 0.15) is 5.75 Å². The molecule has 1 saturated heterocycles. The van der Waals surface area contributed by atoms with Gasteiger partial charge in [-0.05, 0) is 37.8 Å². The molecule has 174 valence electrons. The SMILES string of the molecule is CN=C(NCC(=O)NC1CCCCC1)NCc1ccc(C)cc1OCC1CCOC1.I. The molecule has 1 saturated carbocycles. The Morgan fingerprint density at radius 3 is 2.71 bits per heavy atom. The third-order valence-corrected chi connectivity index (χ3v) is 5.78. The highest BCUT2D eigenvalue weighted by molar-refractivity contribution is 14.0. The van der Waals surface area contributed by atoms with Gasteiger partial charge in [-0.15, -0.1) is 24.0 Å². The molecule has 3 N–H and O–H groups in total. The lowest BCUT2D eigenvalue weighted by Crippen LogP contribution is -2.45. The summed E-state index contributed by atoms with van der Waals surface area (Å²) in [7, 11) is 1.71. The second-order valence-electron chi connectivity index (χ2n) is 8.33. The molecule has 1 aromatic rings. The Balaban J connectivity index is 0.00000341. The normalized spacial score (nSPS) is 19.4. The molecular formula is C23H37IN4O3. The van der Waals surface area contributed by atoms with E-state index in [0.717, 1.165) is 43.8 Å². The summed E-state index contributed by atoms with van der Waals surface area (Å²) in [5.74, 6) is 1.97.